The molecular formula is C38H70N4O16Pt. The molecule has 21 heteroatoms. The quantitative estimate of drug-likeness (QED) is 0.0258. The van der Waals surface area contributed by atoms with E-state index in [-0.39, 0.29) is 99.6 Å². The van der Waals surface area contributed by atoms with Crippen molar-refractivity contribution in [1.82, 2.24) is 0 Å². The molecule has 0 aromatic heterocycles. The van der Waals surface area contributed by atoms with Gasteiger partial charge in [0, 0.05) is 67.7 Å². The fourth-order valence-electron chi connectivity index (χ4n) is 6.38. The van der Waals surface area contributed by atoms with Crippen molar-refractivity contribution in [3.05, 3.63) is 0 Å². The van der Waals surface area contributed by atoms with Crippen LogP contribution in [0.1, 0.15) is 77.0 Å². The molecular weight excluding hydrogens is 964 g/mol. The molecule has 2 saturated carbocycles. The van der Waals surface area contributed by atoms with Gasteiger partial charge in [-0.1, -0.05) is 12.8 Å². The van der Waals surface area contributed by atoms with Gasteiger partial charge in [-0.3, -0.25) is 21.1 Å². The van der Waals surface area contributed by atoms with Crippen LogP contribution < -0.4 is 33.1 Å². The summed E-state index contributed by atoms with van der Waals surface area (Å²) >= 11 is 0. The fraction of sp³-hybridized carbons (Fsp3) is 0.895. The molecule has 0 saturated heterocycles. The van der Waals surface area contributed by atoms with Gasteiger partial charge in [-0.2, -0.15) is 0 Å². The van der Waals surface area contributed by atoms with E-state index in [1.807, 2.05) is 0 Å². The normalized spacial score (nSPS) is 22.0. The van der Waals surface area contributed by atoms with Gasteiger partial charge in [0.2, 0.25) is 0 Å². The Hall–Kier alpha value is -1.91. The Morgan fingerprint density at radius 1 is 0.508 bits per heavy atom. The van der Waals surface area contributed by atoms with Crippen molar-refractivity contribution in [1.29, 1.82) is 0 Å². The number of carboxylic acids is 2. The number of nitrogens with two attached hydrogens (primary N) is 4. The molecule has 2 fully saturated rings. The third-order valence-electron chi connectivity index (χ3n) is 10.5. The molecule has 0 aromatic carbocycles. The standard InChI is InChI=1S/2C19H36N2O8.Pt/c2*1-25-11-13-27-9-7-18(16(22)23,8-10-28-14-12-26-2)17(24)29-19(21)6-4-3-5-15(19)20;/h2*15H,3-14,20-21H2,1-2H3,(H,22,23);/q;;+2/p-2/t2*15-,19+;/m11./s1. The monoisotopic (exact) mass is 1030 g/mol. The molecule has 2 aliphatic rings. The second-order valence-corrected chi connectivity index (χ2v) is 14.6. The molecule has 0 bridgehead atoms. The molecule has 0 unspecified atom stereocenters. The van der Waals surface area contributed by atoms with Crippen LogP contribution in [0.5, 0.6) is 0 Å². The average Bonchev–Trinajstić information content (AvgIpc) is 3.18. The van der Waals surface area contributed by atoms with Gasteiger partial charge in [-0.15, -0.1) is 0 Å². The predicted molar refractivity (Wildman–Crippen MR) is 203 cm³/mol. The molecule has 0 heterocycles. The van der Waals surface area contributed by atoms with Crippen LogP contribution in [0.25, 0.3) is 0 Å². The van der Waals surface area contributed by atoms with Crippen molar-refractivity contribution >= 4 is 23.9 Å². The number of carbonyl (C=O) groups excluding carboxylic acids is 4. The average molecular weight is 1030 g/mol. The molecule has 2 aliphatic carbocycles. The van der Waals surface area contributed by atoms with E-state index >= 15 is 0 Å². The zero-order chi connectivity index (χ0) is 43.5. The number of rotatable bonds is 30. The fourth-order valence-corrected chi connectivity index (χ4v) is 6.38. The van der Waals surface area contributed by atoms with Gasteiger partial charge in [0.05, 0.1) is 76.9 Å². The van der Waals surface area contributed by atoms with Crippen molar-refractivity contribution < 1.29 is 97.8 Å². The summed E-state index contributed by atoms with van der Waals surface area (Å²) in [5.41, 5.74) is 17.8. The summed E-state index contributed by atoms with van der Waals surface area (Å²) < 4.78 is 52.1. The molecule has 0 amide bonds. The van der Waals surface area contributed by atoms with Crippen LogP contribution >= 0.6 is 0 Å². The largest absolute Gasteiger partial charge is 2.00 e. The van der Waals surface area contributed by atoms with Crippen LogP contribution in [0.15, 0.2) is 0 Å². The summed E-state index contributed by atoms with van der Waals surface area (Å²) in [4.78, 5) is 50.2. The zero-order valence-corrected chi connectivity index (χ0v) is 37.6. The minimum atomic E-state index is -1.95. The zero-order valence-electron chi connectivity index (χ0n) is 35.3. The minimum Gasteiger partial charge on any atom is -0.549 e. The van der Waals surface area contributed by atoms with Gasteiger partial charge in [0.15, 0.2) is 11.4 Å². The predicted octanol–water partition coefficient (Wildman–Crippen LogP) is -2.15. The Kier molecular flexibility index (Phi) is 30.0. The second-order valence-electron chi connectivity index (χ2n) is 14.6. The van der Waals surface area contributed by atoms with Crippen molar-refractivity contribution in [2.45, 2.75) is 101 Å². The second kappa shape index (κ2) is 31.0. The topological polar surface area (TPSA) is 311 Å². The Balaban J connectivity index is 0.00000112. The number of esters is 2. The summed E-state index contributed by atoms with van der Waals surface area (Å²) in [7, 11) is 6.10. The third-order valence-corrected chi connectivity index (χ3v) is 10.5. The molecule has 0 aromatic rings. The van der Waals surface area contributed by atoms with E-state index in [1.165, 1.54) is 28.4 Å². The smallest absolute Gasteiger partial charge is 0.549 e. The SMILES string of the molecule is COCCOCCC(CCOCCOC)(C(=O)[O-])C(=O)O[C@@]1(N)CCCC[C@H]1N.COCCOCCC(CCOCCOC)(C(=O)[O-])C(=O)O[C@@]1(N)CCCC[C@H]1N.[Pt+2]. The first-order valence-corrected chi connectivity index (χ1v) is 19.9. The van der Waals surface area contributed by atoms with Crippen molar-refractivity contribution in [2.75, 3.05) is 108 Å². The number of hydrogen-bond acceptors (Lipinski definition) is 20. The molecule has 4 atom stereocenters. The number of ether oxygens (including phenoxy) is 10. The molecule has 0 spiro atoms. The van der Waals surface area contributed by atoms with Crippen molar-refractivity contribution in [2.24, 2.45) is 33.8 Å². The van der Waals surface area contributed by atoms with Gasteiger partial charge in [-0.25, -0.2) is 0 Å². The van der Waals surface area contributed by atoms with Crippen LogP contribution in [0.4, 0.5) is 0 Å². The summed E-state index contributed by atoms with van der Waals surface area (Å²) in [5, 5.41) is 24.2. The van der Waals surface area contributed by atoms with E-state index in [0.29, 0.717) is 52.1 Å². The van der Waals surface area contributed by atoms with Gasteiger partial charge in [0.25, 0.3) is 0 Å². The maximum absolute atomic E-state index is 13.0. The minimum absolute atomic E-state index is 0. The van der Waals surface area contributed by atoms with E-state index < -0.39 is 58.2 Å². The number of aliphatic carboxylic acids is 2. The van der Waals surface area contributed by atoms with Gasteiger partial charge in [-0.05, 0) is 51.4 Å². The van der Waals surface area contributed by atoms with Crippen LogP contribution in [0, 0.1) is 10.8 Å². The van der Waals surface area contributed by atoms with Crippen LogP contribution in [-0.4, -0.2) is 155 Å². The first-order valence-electron chi connectivity index (χ1n) is 19.9. The Morgan fingerprint density at radius 3 is 1.00 bits per heavy atom. The van der Waals surface area contributed by atoms with E-state index in [4.69, 9.17) is 70.3 Å². The summed E-state index contributed by atoms with van der Waals surface area (Å²) in [6.45, 7) is 2.51. The first-order chi connectivity index (χ1) is 27.6. The van der Waals surface area contributed by atoms with Gasteiger partial charge in [0.1, 0.15) is 10.8 Å². The van der Waals surface area contributed by atoms with E-state index in [1.54, 1.807) is 0 Å². The Labute approximate surface area is 362 Å². The molecule has 59 heavy (non-hydrogen) atoms. The molecule has 2 rings (SSSR count). The number of carboxylic acid groups (broad SMARTS) is 2. The maximum atomic E-state index is 13.0. The van der Waals surface area contributed by atoms with E-state index in [9.17, 15) is 29.4 Å². The number of methoxy groups -OCH3 is 4. The Bertz CT molecular complexity index is 1080. The molecule has 0 aliphatic heterocycles. The molecule has 348 valence electrons. The molecule has 20 nitrogen and oxygen atoms in total. The van der Waals surface area contributed by atoms with Crippen molar-refractivity contribution in [3.8, 4) is 0 Å². The molecule has 0 radical (unpaired) electrons. The first kappa shape index (κ1) is 57.1. The Morgan fingerprint density at radius 2 is 0.780 bits per heavy atom. The van der Waals surface area contributed by atoms with E-state index in [2.05, 4.69) is 0 Å². The number of hydrogen-bond donors (Lipinski definition) is 4. The van der Waals surface area contributed by atoms with Gasteiger partial charge < -0.3 is 78.6 Å². The van der Waals surface area contributed by atoms with E-state index in [0.717, 1.165) is 25.7 Å². The van der Waals surface area contributed by atoms with Crippen LogP contribution in [0.3, 0.4) is 0 Å². The third kappa shape index (κ3) is 19.3. The summed E-state index contributed by atoms with van der Waals surface area (Å²) in [6, 6.07) is -1.12. The molecule has 8 N–H and O–H groups in total. The van der Waals surface area contributed by atoms with Gasteiger partial charge >= 0.3 is 33.0 Å². The summed E-state index contributed by atoms with van der Waals surface area (Å²) in [5.74, 6) is -5.05. The maximum Gasteiger partial charge on any atom is 2.00 e. The summed E-state index contributed by atoms with van der Waals surface area (Å²) in [6.07, 6.45) is 4.63. The van der Waals surface area contributed by atoms with Crippen molar-refractivity contribution in [3.63, 3.8) is 0 Å². The van der Waals surface area contributed by atoms with Crippen LogP contribution in [-0.2, 0) is 87.6 Å². The van der Waals surface area contributed by atoms with Crippen LogP contribution in [0.2, 0.25) is 0 Å². The number of carbonyl (C=O) groups is 4.